The first-order valence-electron chi connectivity index (χ1n) is 19.4. The van der Waals surface area contributed by atoms with Gasteiger partial charge >= 0.3 is 0 Å². The number of aliphatic hydroxyl groups is 2. The van der Waals surface area contributed by atoms with E-state index in [0.717, 1.165) is 6.42 Å². The van der Waals surface area contributed by atoms with Crippen LogP contribution in [0.1, 0.15) is 82.1 Å². The number of benzene rings is 4. The van der Waals surface area contributed by atoms with Gasteiger partial charge in [-0.3, -0.25) is 9.59 Å². The molecule has 0 unspecified atom stereocenters. The Morgan fingerprint density at radius 1 is 0.571 bits per heavy atom. The van der Waals surface area contributed by atoms with Crippen molar-refractivity contribution < 1.29 is 38.7 Å². The van der Waals surface area contributed by atoms with Gasteiger partial charge in [-0.25, -0.2) is 0 Å². The van der Waals surface area contributed by atoms with Crippen molar-refractivity contribution in [3.05, 3.63) is 119 Å². The fraction of sp³-hybridized carbons (Fsp3) is 0.435. The van der Waals surface area contributed by atoms with E-state index in [4.69, 9.17) is 24.7 Å². The molecule has 300 valence electrons. The molecule has 1 aliphatic rings. The molecule has 10 nitrogen and oxygen atoms in total. The molecule has 4 aromatic carbocycles. The normalized spacial score (nSPS) is 15.5. The predicted molar refractivity (Wildman–Crippen MR) is 217 cm³/mol. The van der Waals surface area contributed by atoms with Crippen LogP contribution in [0.4, 0.5) is 0 Å². The molecule has 1 fully saturated rings. The molecule has 1 aliphatic carbocycles. The molecule has 0 aliphatic heterocycles. The minimum atomic E-state index is -2.08. The molecule has 0 saturated heterocycles. The third kappa shape index (κ3) is 7.21. The van der Waals surface area contributed by atoms with Crippen molar-refractivity contribution in [2.24, 2.45) is 23.0 Å². The average molecular weight is 767 g/mol. The van der Waals surface area contributed by atoms with E-state index in [2.05, 4.69) is 0 Å². The summed E-state index contributed by atoms with van der Waals surface area (Å²) in [5.74, 6) is -0.915. The molecular formula is C46H58N2O8. The van der Waals surface area contributed by atoms with E-state index in [9.17, 15) is 15.0 Å². The van der Waals surface area contributed by atoms with Crippen molar-refractivity contribution in [2.45, 2.75) is 83.1 Å². The first-order valence-corrected chi connectivity index (χ1v) is 19.4. The Morgan fingerprint density at radius 3 is 1.11 bits per heavy atom. The molecule has 0 heterocycles. The summed E-state index contributed by atoms with van der Waals surface area (Å²) in [6.45, 7) is 7.67. The SMILES string of the molecule is COc1ccccc1C(O)(c1ccccc1OC)[C@@H](C(C)C)N(C(=O)C1(C(N)=O)CCCCC1)[C@H](C(C)C)C(O)(c1ccccc1OC)c1ccccc1OC. The standard InChI is InChI=1S/C46H58N2O8/c1-30(2)40(45(51,32-20-10-14-24-36(32)53-5)33-21-11-15-25-37(33)54-6)48(43(50)44(42(47)49)28-18-9-19-29-44)41(31(3)4)46(52,34-22-12-16-26-38(34)55-7)35-23-13-17-27-39(35)56-8/h10-17,20-27,30-31,40-41,51-52H,9,18-19,28-29H2,1-8H3,(H2,47,49)/t40-,41-/m1/s1. The minimum absolute atomic E-state index is 0.219. The zero-order valence-corrected chi connectivity index (χ0v) is 34.0. The highest BCUT2D eigenvalue weighted by atomic mass is 16.5. The lowest BCUT2D eigenvalue weighted by molar-refractivity contribution is -0.175. The van der Waals surface area contributed by atoms with E-state index in [0.29, 0.717) is 58.1 Å². The summed E-state index contributed by atoms with van der Waals surface area (Å²) in [6.07, 6.45) is 2.48. The van der Waals surface area contributed by atoms with Crippen LogP contribution in [0.2, 0.25) is 0 Å². The smallest absolute Gasteiger partial charge is 0.239 e. The molecule has 0 bridgehead atoms. The fourth-order valence-electron chi connectivity index (χ4n) is 9.17. The van der Waals surface area contributed by atoms with Crippen LogP contribution in [0.25, 0.3) is 0 Å². The number of hydrogen-bond donors (Lipinski definition) is 3. The van der Waals surface area contributed by atoms with Crippen LogP contribution in [-0.4, -0.2) is 67.5 Å². The molecular weight excluding hydrogens is 709 g/mol. The maximum absolute atomic E-state index is 16.3. The number of methoxy groups -OCH3 is 4. The molecule has 0 aromatic heterocycles. The highest BCUT2D eigenvalue weighted by Crippen LogP contribution is 2.53. The third-order valence-corrected chi connectivity index (χ3v) is 11.6. The lowest BCUT2D eigenvalue weighted by Crippen LogP contribution is -2.69. The highest BCUT2D eigenvalue weighted by molar-refractivity contribution is 6.05. The van der Waals surface area contributed by atoms with Crippen LogP contribution in [-0.2, 0) is 20.8 Å². The summed E-state index contributed by atoms with van der Waals surface area (Å²) in [4.78, 5) is 31.8. The Labute approximate surface area is 331 Å². The molecule has 4 N–H and O–H groups in total. The molecule has 10 heteroatoms. The summed E-state index contributed by atoms with van der Waals surface area (Å²) in [6, 6.07) is 26.1. The van der Waals surface area contributed by atoms with E-state index in [1.807, 2.05) is 27.7 Å². The Hall–Kier alpha value is -5.06. The monoisotopic (exact) mass is 766 g/mol. The number of ether oxygens (including phenoxy) is 4. The second-order valence-corrected chi connectivity index (χ2v) is 15.4. The van der Waals surface area contributed by atoms with Crippen LogP contribution in [0.3, 0.4) is 0 Å². The van der Waals surface area contributed by atoms with Crippen molar-refractivity contribution in [2.75, 3.05) is 28.4 Å². The van der Waals surface area contributed by atoms with Gasteiger partial charge in [-0.2, -0.15) is 0 Å². The number of hydrogen-bond acceptors (Lipinski definition) is 8. The second-order valence-electron chi connectivity index (χ2n) is 15.4. The van der Waals surface area contributed by atoms with E-state index < -0.39 is 52.4 Å². The first kappa shape index (κ1) is 42.1. The second kappa shape index (κ2) is 17.4. The lowest BCUT2D eigenvalue weighted by atomic mass is 9.66. The molecule has 5 rings (SSSR count). The highest BCUT2D eigenvalue weighted by Gasteiger charge is 2.61. The fourth-order valence-corrected chi connectivity index (χ4v) is 9.17. The number of nitrogens with two attached hydrogens (primary N) is 1. The largest absolute Gasteiger partial charge is 0.496 e. The van der Waals surface area contributed by atoms with Gasteiger partial charge in [-0.1, -0.05) is 120 Å². The predicted octanol–water partition coefficient (Wildman–Crippen LogP) is 7.21. The number of nitrogens with zero attached hydrogens (tertiary/aromatic N) is 1. The van der Waals surface area contributed by atoms with Gasteiger partial charge in [0.1, 0.15) is 39.6 Å². The number of primary amides is 1. The molecule has 56 heavy (non-hydrogen) atoms. The molecule has 1 saturated carbocycles. The number of rotatable bonds is 16. The number of amides is 2. The van der Waals surface area contributed by atoms with E-state index in [-0.39, 0.29) is 12.8 Å². The van der Waals surface area contributed by atoms with Crippen molar-refractivity contribution in [3.63, 3.8) is 0 Å². The summed E-state index contributed by atoms with van der Waals surface area (Å²) in [5.41, 5.74) is 2.00. The maximum Gasteiger partial charge on any atom is 0.239 e. The van der Waals surface area contributed by atoms with Gasteiger partial charge < -0.3 is 39.8 Å². The van der Waals surface area contributed by atoms with Crippen LogP contribution < -0.4 is 24.7 Å². The molecule has 4 aromatic rings. The van der Waals surface area contributed by atoms with Crippen molar-refractivity contribution in [3.8, 4) is 23.0 Å². The van der Waals surface area contributed by atoms with Gasteiger partial charge in [0.25, 0.3) is 0 Å². The minimum Gasteiger partial charge on any atom is -0.496 e. The van der Waals surface area contributed by atoms with Crippen molar-refractivity contribution in [1.29, 1.82) is 0 Å². The van der Waals surface area contributed by atoms with Gasteiger partial charge in [-0.05, 0) is 48.9 Å². The van der Waals surface area contributed by atoms with E-state index >= 15 is 4.79 Å². The maximum atomic E-state index is 16.3. The van der Waals surface area contributed by atoms with Crippen molar-refractivity contribution in [1.82, 2.24) is 4.90 Å². The third-order valence-electron chi connectivity index (χ3n) is 11.6. The lowest BCUT2D eigenvalue weighted by Gasteiger charge is -2.56. The molecule has 2 atom stereocenters. The quantitative estimate of drug-likeness (QED) is 0.102. The Kier molecular flexibility index (Phi) is 13.1. The zero-order chi connectivity index (χ0) is 40.8. The number of carbonyl (C=O) groups is 2. The number of para-hydroxylation sites is 4. The Balaban J connectivity index is 2.03. The Bertz CT molecular complexity index is 1760. The van der Waals surface area contributed by atoms with Crippen LogP contribution in [0, 0.1) is 17.3 Å². The van der Waals surface area contributed by atoms with Crippen molar-refractivity contribution >= 4 is 11.8 Å². The summed E-state index contributed by atoms with van der Waals surface area (Å²) in [5, 5.41) is 28.2. The van der Waals surface area contributed by atoms with Gasteiger partial charge in [0.15, 0.2) is 0 Å². The van der Waals surface area contributed by atoms with E-state index in [1.54, 1.807) is 102 Å². The van der Waals surface area contributed by atoms with Gasteiger partial charge in [-0.15, -0.1) is 0 Å². The van der Waals surface area contributed by atoms with Gasteiger partial charge in [0.2, 0.25) is 11.8 Å². The summed E-state index contributed by atoms with van der Waals surface area (Å²) < 4.78 is 23.8. The van der Waals surface area contributed by atoms with Crippen LogP contribution in [0.15, 0.2) is 97.1 Å². The molecule has 2 amide bonds. The topological polar surface area (TPSA) is 141 Å². The van der Waals surface area contributed by atoms with Crippen LogP contribution >= 0.6 is 0 Å². The summed E-state index contributed by atoms with van der Waals surface area (Å²) in [7, 11) is 6.10. The molecule has 0 radical (unpaired) electrons. The van der Waals surface area contributed by atoms with Gasteiger partial charge in [0, 0.05) is 22.3 Å². The summed E-state index contributed by atoms with van der Waals surface area (Å²) >= 11 is 0. The zero-order valence-electron chi connectivity index (χ0n) is 34.0. The van der Waals surface area contributed by atoms with E-state index in [1.165, 1.54) is 28.4 Å². The van der Waals surface area contributed by atoms with Crippen LogP contribution in [0.5, 0.6) is 23.0 Å². The molecule has 0 spiro atoms. The first-order chi connectivity index (χ1) is 26.8. The average Bonchev–Trinajstić information content (AvgIpc) is 3.22. The number of carbonyl (C=O) groups excluding carboxylic acids is 2. The van der Waals surface area contributed by atoms with Gasteiger partial charge in [0.05, 0.1) is 40.5 Å². The Morgan fingerprint density at radius 2 is 0.857 bits per heavy atom.